The summed E-state index contributed by atoms with van der Waals surface area (Å²) in [5.41, 5.74) is 28.6. The summed E-state index contributed by atoms with van der Waals surface area (Å²) in [6.45, 7) is 0. The second-order valence-electron chi connectivity index (χ2n) is 32.1. The third kappa shape index (κ3) is 12.7. The van der Waals surface area contributed by atoms with Crippen LogP contribution in [0, 0.1) is 0 Å². The van der Waals surface area contributed by atoms with E-state index in [-0.39, 0.29) is 0 Å². The van der Waals surface area contributed by atoms with Gasteiger partial charge in [-0.3, -0.25) is 0 Å². The zero-order valence-corrected chi connectivity index (χ0v) is 68.0. The van der Waals surface area contributed by atoms with Crippen LogP contribution in [-0.4, -0.2) is 9.13 Å². The van der Waals surface area contributed by atoms with Gasteiger partial charge in [-0.25, -0.2) is 0 Å². The largest absolute Gasteiger partial charge is 0.310 e. The quantitative estimate of drug-likeness (QED) is 0.101. The first kappa shape index (κ1) is 72.8. The highest BCUT2D eigenvalue weighted by atomic mass is 15.1. The summed E-state index contributed by atoms with van der Waals surface area (Å²) in [7, 11) is 0. The van der Waals surface area contributed by atoms with Gasteiger partial charge in [0.05, 0.1) is 27.8 Å². The highest BCUT2D eigenvalue weighted by molar-refractivity contribution is 6.24. The molecule has 0 aliphatic heterocycles. The Morgan fingerprint density at radius 3 is 0.895 bits per heavy atom. The van der Waals surface area contributed by atoms with Crippen molar-refractivity contribution in [3.05, 3.63) is 485 Å². The molecule has 0 spiro atoms. The van der Waals surface area contributed by atoms with E-state index in [1.54, 1.807) is 0 Å². The van der Waals surface area contributed by atoms with Gasteiger partial charge in [-0.15, -0.1) is 0 Å². The van der Waals surface area contributed by atoms with Gasteiger partial charge < -0.3 is 18.9 Å². The first-order chi connectivity index (χ1) is 61.6. The maximum atomic E-state index is 2.40. The molecule has 0 aliphatic rings. The molecule has 0 amide bonds. The molecule has 2 aromatic heterocycles. The number of nitrogens with zero attached hydrogens (tertiary/aromatic N) is 4. The maximum absolute atomic E-state index is 2.40. The number of aromatic nitrogens is 2. The summed E-state index contributed by atoms with van der Waals surface area (Å²) in [4.78, 5) is 4.77. The Morgan fingerprint density at radius 1 is 0.145 bits per heavy atom. The molecule has 0 bridgehead atoms. The minimum absolute atomic E-state index is 1.10. The fourth-order valence-electron chi connectivity index (χ4n) is 19.6. The lowest BCUT2D eigenvalue weighted by Crippen LogP contribution is -2.10. The molecular formula is C120H80N4. The molecule has 0 aliphatic carbocycles. The summed E-state index contributed by atoms with van der Waals surface area (Å²) >= 11 is 0. The minimum Gasteiger partial charge on any atom is -0.310 e. The molecule has 0 unspecified atom stereocenters. The SMILES string of the molecule is c1ccc(-c2c3ccccc3c(-c3ccc(N(c4ccccc4)c4ccc5cc(-c6ccc7c(c6)c6ccccc6n7-c6ccccc6)ccc5c4)cc3)c3ccccc23)cc1.c1ccc(-c2c3ccccc3c(-c3ccc(N(c4ccccc4)c4cccc5c(-c6ccc7c(c6)c6ccccc6n7-c6ccccc6)cccc45)cc3)c3ccccc23)cc1. The van der Waals surface area contributed by atoms with Gasteiger partial charge >= 0.3 is 0 Å². The van der Waals surface area contributed by atoms with Crippen molar-refractivity contribution < 1.29 is 0 Å². The molecule has 24 rings (SSSR count). The van der Waals surface area contributed by atoms with Crippen molar-refractivity contribution in [2.24, 2.45) is 0 Å². The number of rotatable bonds is 14. The zero-order valence-electron chi connectivity index (χ0n) is 68.0. The van der Waals surface area contributed by atoms with Crippen LogP contribution in [0.3, 0.4) is 0 Å². The Balaban J connectivity index is 0.000000143. The van der Waals surface area contributed by atoms with Gasteiger partial charge in [0.15, 0.2) is 0 Å². The van der Waals surface area contributed by atoms with Crippen LogP contribution in [0.1, 0.15) is 0 Å². The topological polar surface area (TPSA) is 16.3 Å². The monoisotopic (exact) mass is 1580 g/mol. The van der Waals surface area contributed by atoms with Crippen molar-refractivity contribution in [2.45, 2.75) is 0 Å². The molecule has 2 heterocycles. The second kappa shape index (κ2) is 31.1. The first-order valence-electron chi connectivity index (χ1n) is 42.7. The number of anilines is 6. The summed E-state index contributed by atoms with van der Waals surface area (Å²) in [6, 6.07) is 177. The molecule has 0 atom stereocenters. The van der Waals surface area contributed by atoms with Crippen LogP contribution in [-0.2, 0) is 0 Å². The molecular weight excluding hydrogens is 1500 g/mol. The molecule has 0 saturated carbocycles. The molecule has 4 nitrogen and oxygen atoms in total. The lowest BCUT2D eigenvalue weighted by molar-refractivity contribution is 1.18. The zero-order chi connectivity index (χ0) is 82.0. The van der Waals surface area contributed by atoms with Crippen molar-refractivity contribution in [3.8, 4) is 78.1 Å². The fraction of sp³-hybridized carbons (Fsp3) is 0. The Kier molecular flexibility index (Phi) is 18.2. The number of hydrogen-bond donors (Lipinski definition) is 0. The summed E-state index contributed by atoms with van der Waals surface area (Å²) in [5.74, 6) is 0. The average molecular weight is 1580 g/mol. The number of hydrogen-bond acceptors (Lipinski definition) is 2. The van der Waals surface area contributed by atoms with Crippen molar-refractivity contribution >= 4 is 142 Å². The molecule has 4 heteroatoms. The maximum Gasteiger partial charge on any atom is 0.0541 e. The van der Waals surface area contributed by atoms with Gasteiger partial charge in [-0.05, 0) is 259 Å². The second-order valence-corrected chi connectivity index (χ2v) is 32.1. The molecule has 0 fully saturated rings. The van der Waals surface area contributed by atoms with Crippen molar-refractivity contribution in [3.63, 3.8) is 0 Å². The molecule has 22 aromatic carbocycles. The Hall–Kier alpha value is -16.4. The van der Waals surface area contributed by atoms with Gasteiger partial charge in [-0.2, -0.15) is 0 Å². The Labute approximate surface area is 719 Å². The normalized spacial score (nSPS) is 11.5. The Morgan fingerprint density at radius 2 is 0.435 bits per heavy atom. The van der Waals surface area contributed by atoms with Crippen LogP contribution < -0.4 is 9.80 Å². The minimum atomic E-state index is 1.10. The molecule has 580 valence electrons. The van der Waals surface area contributed by atoms with Crippen LogP contribution in [0.5, 0.6) is 0 Å². The third-order valence-corrected chi connectivity index (χ3v) is 25.1. The van der Waals surface area contributed by atoms with E-state index < -0.39 is 0 Å². The van der Waals surface area contributed by atoms with E-state index in [9.17, 15) is 0 Å². The standard InChI is InChI=1S/2C60H40N2/c1-4-18-41(19-5-1)59-51-25-10-12-27-53(51)60(54-28-13-11-26-52(54)59)42-34-37-46(38-35-42)61(44-20-6-2-7-21-44)56-33-17-30-48-47(29-16-31-49(48)56)43-36-39-58-55(40-43)50-24-14-15-32-57(50)62(58)45-22-8-3-9-23-45;1-4-16-41(17-5-1)59-52-23-10-12-25-54(52)60(55-26-13-11-24-53(55)59)42-30-34-49(35-31-42)61(47-18-6-2-7-19-47)50-36-32-44-38-43(28-29-45(44)39-50)46-33-37-58-56(40-46)51-22-14-15-27-57(51)62(58)48-20-8-3-9-21-48/h2*1-40H. The smallest absolute Gasteiger partial charge is 0.0541 e. The number of para-hydroxylation sites is 6. The lowest BCUT2D eigenvalue weighted by atomic mass is 9.86. The number of benzene rings is 22. The highest BCUT2D eigenvalue weighted by Crippen LogP contribution is 2.50. The molecule has 0 saturated heterocycles. The van der Waals surface area contributed by atoms with Gasteiger partial charge in [0.2, 0.25) is 0 Å². The van der Waals surface area contributed by atoms with Gasteiger partial charge in [0, 0.05) is 66.7 Å². The summed E-state index contributed by atoms with van der Waals surface area (Å²) in [5, 5.41) is 19.9. The van der Waals surface area contributed by atoms with E-state index in [0.29, 0.717) is 0 Å². The van der Waals surface area contributed by atoms with Gasteiger partial charge in [0.25, 0.3) is 0 Å². The predicted molar refractivity (Wildman–Crippen MR) is 529 cm³/mol. The van der Waals surface area contributed by atoms with E-state index in [0.717, 1.165) is 39.8 Å². The van der Waals surface area contributed by atoms with E-state index >= 15 is 0 Å². The van der Waals surface area contributed by atoms with Crippen molar-refractivity contribution in [1.29, 1.82) is 0 Å². The van der Waals surface area contributed by atoms with Crippen LogP contribution in [0.4, 0.5) is 34.1 Å². The Bertz CT molecular complexity index is 8070. The van der Waals surface area contributed by atoms with Gasteiger partial charge in [0.1, 0.15) is 0 Å². The molecule has 24 aromatic rings. The van der Waals surface area contributed by atoms with Crippen LogP contribution in [0.15, 0.2) is 485 Å². The predicted octanol–water partition coefficient (Wildman–Crippen LogP) is 33.4. The molecule has 124 heavy (non-hydrogen) atoms. The van der Waals surface area contributed by atoms with E-state index in [1.165, 1.54) is 181 Å². The van der Waals surface area contributed by atoms with E-state index in [2.05, 4.69) is 504 Å². The number of fused-ring (bicyclic) bond motifs is 12. The highest BCUT2D eigenvalue weighted by Gasteiger charge is 2.24. The lowest BCUT2D eigenvalue weighted by Gasteiger charge is -2.27. The van der Waals surface area contributed by atoms with Crippen molar-refractivity contribution in [2.75, 3.05) is 9.80 Å². The third-order valence-electron chi connectivity index (χ3n) is 25.1. The summed E-state index contributed by atoms with van der Waals surface area (Å²) in [6.07, 6.45) is 0. The summed E-state index contributed by atoms with van der Waals surface area (Å²) < 4.78 is 4.75. The van der Waals surface area contributed by atoms with Crippen LogP contribution >= 0.6 is 0 Å². The molecule has 0 radical (unpaired) electrons. The van der Waals surface area contributed by atoms with E-state index in [1.807, 2.05) is 0 Å². The van der Waals surface area contributed by atoms with Crippen molar-refractivity contribution in [1.82, 2.24) is 9.13 Å². The van der Waals surface area contributed by atoms with Gasteiger partial charge in [-0.1, -0.05) is 352 Å². The molecule has 0 N–H and O–H groups in total. The van der Waals surface area contributed by atoms with Crippen LogP contribution in [0.2, 0.25) is 0 Å². The average Bonchev–Trinajstić information content (AvgIpc) is 1.08. The van der Waals surface area contributed by atoms with E-state index in [4.69, 9.17) is 0 Å². The van der Waals surface area contributed by atoms with Crippen LogP contribution in [0.25, 0.3) is 186 Å². The first-order valence-corrected chi connectivity index (χ1v) is 42.7. The fourth-order valence-corrected chi connectivity index (χ4v) is 19.6.